The molecule has 1 aromatic carbocycles. The normalized spacial score (nSPS) is 18.9. The van der Waals surface area contributed by atoms with E-state index in [1.54, 1.807) is 0 Å². The lowest BCUT2D eigenvalue weighted by molar-refractivity contribution is 0.363. The highest BCUT2D eigenvalue weighted by Gasteiger charge is 2.27. The number of rotatable bonds is 3. The molecule has 2 nitrogen and oxygen atoms in total. The van der Waals surface area contributed by atoms with Crippen molar-refractivity contribution >= 4 is 10.9 Å². The molecule has 1 aromatic heterocycles. The minimum Gasteiger partial charge on any atom is -0.361 e. The van der Waals surface area contributed by atoms with E-state index in [1.807, 2.05) is 0 Å². The predicted molar refractivity (Wildman–Crippen MR) is 72.0 cm³/mol. The van der Waals surface area contributed by atoms with Gasteiger partial charge in [-0.25, -0.2) is 0 Å². The minimum atomic E-state index is 0.359. The van der Waals surface area contributed by atoms with Crippen molar-refractivity contribution < 1.29 is 0 Å². The van der Waals surface area contributed by atoms with Crippen LogP contribution < -0.4 is 5.32 Å². The van der Waals surface area contributed by atoms with Crippen molar-refractivity contribution in [3.8, 4) is 0 Å². The number of fused-ring (bicyclic) bond motifs is 1. The summed E-state index contributed by atoms with van der Waals surface area (Å²) in [5.74, 6) is 0. The highest BCUT2D eigenvalue weighted by Crippen LogP contribution is 2.29. The van der Waals surface area contributed by atoms with Crippen LogP contribution in [0.25, 0.3) is 10.9 Å². The van der Waals surface area contributed by atoms with Crippen LogP contribution in [0.15, 0.2) is 30.5 Å². The molecule has 3 rings (SSSR count). The molecule has 2 heteroatoms. The van der Waals surface area contributed by atoms with Crippen LogP contribution in [0, 0.1) is 0 Å². The molecule has 0 spiro atoms. The first kappa shape index (κ1) is 10.8. The number of para-hydroxylation sites is 1. The number of nitrogens with one attached hydrogen (secondary N) is 2. The Morgan fingerprint density at radius 2 is 2.00 bits per heavy atom. The average Bonchev–Trinajstić information content (AvgIpc) is 2.94. The minimum absolute atomic E-state index is 0.359. The Balaban J connectivity index is 1.76. The van der Waals surface area contributed by atoms with Crippen LogP contribution in [0.1, 0.15) is 38.2 Å². The van der Waals surface area contributed by atoms with Gasteiger partial charge in [-0.3, -0.25) is 0 Å². The lowest BCUT2D eigenvalue weighted by atomic mass is 10.0. The molecule has 0 saturated heterocycles. The van der Waals surface area contributed by atoms with Gasteiger partial charge in [0.25, 0.3) is 0 Å². The van der Waals surface area contributed by atoms with Crippen LogP contribution in [0.2, 0.25) is 0 Å². The van der Waals surface area contributed by atoms with Crippen LogP contribution in [-0.2, 0) is 6.54 Å². The zero-order valence-corrected chi connectivity index (χ0v) is 10.4. The lowest BCUT2D eigenvalue weighted by Crippen LogP contribution is -2.38. The third kappa shape index (κ3) is 2.09. The first-order valence-corrected chi connectivity index (χ1v) is 6.57. The first-order chi connectivity index (χ1) is 8.27. The van der Waals surface area contributed by atoms with Gasteiger partial charge in [-0.1, -0.05) is 31.0 Å². The molecule has 1 aliphatic rings. The summed E-state index contributed by atoms with van der Waals surface area (Å²) in [6.07, 6.45) is 7.51. The van der Waals surface area contributed by atoms with E-state index in [0.717, 1.165) is 6.54 Å². The summed E-state index contributed by atoms with van der Waals surface area (Å²) in [5, 5.41) is 5.08. The van der Waals surface area contributed by atoms with Crippen molar-refractivity contribution in [1.29, 1.82) is 0 Å². The molecule has 0 aliphatic heterocycles. The zero-order chi connectivity index (χ0) is 11.7. The SMILES string of the molecule is CC1(NCc2c[nH]c3ccccc23)CCCC1. The Kier molecular flexibility index (Phi) is 2.67. The van der Waals surface area contributed by atoms with Gasteiger partial charge in [-0.2, -0.15) is 0 Å². The summed E-state index contributed by atoms with van der Waals surface area (Å²) in [4.78, 5) is 3.34. The Morgan fingerprint density at radius 1 is 1.24 bits per heavy atom. The van der Waals surface area contributed by atoms with Gasteiger partial charge >= 0.3 is 0 Å². The molecular weight excluding hydrogens is 208 g/mol. The van der Waals surface area contributed by atoms with Gasteiger partial charge in [-0.15, -0.1) is 0 Å². The molecule has 0 bridgehead atoms. The molecule has 0 unspecified atom stereocenters. The van der Waals surface area contributed by atoms with Gasteiger partial charge in [0.05, 0.1) is 0 Å². The van der Waals surface area contributed by atoms with Crippen LogP contribution in [0.5, 0.6) is 0 Å². The van der Waals surface area contributed by atoms with Crippen molar-refractivity contribution in [2.75, 3.05) is 0 Å². The lowest BCUT2D eigenvalue weighted by Gasteiger charge is -2.25. The monoisotopic (exact) mass is 228 g/mol. The summed E-state index contributed by atoms with van der Waals surface area (Å²) < 4.78 is 0. The van der Waals surface area contributed by atoms with Crippen LogP contribution >= 0.6 is 0 Å². The van der Waals surface area contributed by atoms with E-state index in [-0.39, 0.29) is 0 Å². The summed E-state index contributed by atoms with van der Waals surface area (Å²) in [7, 11) is 0. The fourth-order valence-electron chi connectivity index (χ4n) is 2.92. The fraction of sp³-hybridized carbons (Fsp3) is 0.467. The van der Waals surface area contributed by atoms with Crippen molar-refractivity contribution in [2.24, 2.45) is 0 Å². The molecule has 2 aromatic rings. The second-order valence-corrected chi connectivity index (χ2v) is 5.48. The van der Waals surface area contributed by atoms with Gasteiger partial charge < -0.3 is 10.3 Å². The van der Waals surface area contributed by atoms with E-state index in [4.69, 9.17) is 0 Å². The highest BCUT2D eigenvalue weighted by molar-refractivity contribution is 5.82. The topological polar surface area (TPSA) is 27.8 Å². The standard InChI is InChI=1S/C15H20N2/c1-15(8-4-5-9-15)17-11-12-10-16-14-7-3-2-6-13(12)14/h2-3,6-7,10,16-17H,4-5,8-9,11H2,1H3. The molecule has 1 saturated carbocycles. The molecule has 0 atom stereocenters. The molecule has 0 radical (unpaired) electrons. The molecule has 90 valence electrons. The van der Waals surface area contributed by atoms with Crippen LogP contribution in [-0.4, -0.2) is 10.5 Å². The Morgan fingerprint density at radius 3 is 2.82 bits per heavy atom. The van der Waals surface area contributed by atoms with Crippen molar-refractivity contribution in [2.45, 2.75) is 44.7 Å². The molecule has 17 heavy (non-hydrogen) atoms. The van der Waals surface area contributed by atoms with Crippen molar-refractivity contribution in [1.82, 2.24) is 10.3 Å². The van der Waals surface area contributed by atoms with Gasteiger partial charge in [0, 0.05) is 29.2 Å². The molecule has 0 amide bonds. The Bertz CT molecular complexity index is 506. The fourth-order valence-corrected chi connectivity index (χ4v) is 2.92. The predicted octanol–water partition coefficient (Wildman–Crippen LogP) is 3.59. The molecule has 1 fully saturated rings. The summed E-state index contributed by atoms with van der Waals surface area (Å²) in [6.45, 7) is 3.33. The smallest absolute Gasteiger partial charge is 0.0457 e. The number of aromatic nitrogens is 1. The summed E-state index contributed by atoms with van der Waals surface area (Å²) in [5.41, 5.74) is 2.98. The van der Waals surface area contributed by atoms with Crippen molar-refractivity contribution in [3.05, 3.63) is 36.0 Å². The largest absolute Gasteiger partial charge is 0.361 e. The Hall–Kier alpha value is -1.28. The highest BCUT2D eigenvalue weighted by atomic mass is 15.0. The van der Waals surface area contributed by atoms with E-state index in [2.05, 4.69) is 47.7 Å². The quantitative estimate of drug-likeness (QED) is 0.825. The summed E-state index contributed by atoms with van der Waals surface area (Å²) in [6, 6.07) is 8.52. The number of benzene rings is 1. The van der Waals surface area contributed by atoms with E-state index in [1.165, 1.54) is 42.1 Å². The van der Waals surface area contributed by atoms with Gasteiger partial charge in [0.2, 0.25) is 0 Å². The van der Waals surface area contributed by atoms with Gasteiger partial charge in [0.15, 0.2) is 0 Å². The van der Waals surface area contributed by atoms with E-state index >= 15 is 0 Å². The first-order valence-electron chi connectivity index (χ1n) is 6.57. The van der Waals surface area contributed by atoms with Gasteiger partial charge in [-0.05, 0) is 31.4 Å². The number of aromatic amines is 1. The third-order valence-corrected chi connectivity index (χ3v) is 4.09. The number of H-pyrrole nitrogens is 1. The Labute approximate surface area is 102 Å². The zero-order valence-electron chi connectivity index (χ0n) is 10.4. The average molecular weight is 228 g/mol. The molecule has 2 N–H and O–H groups in total. The number of hydrogen-bond acceptors (Lipinski definition) is 1. The maximum atomic E-state index is 3.73. The second-order valence-electron chi connectivity index (χ2n) is 5.48. The molecule has 1 heterocycles. The third-order valence-electron chi connectivity index (χ3n) is 4.09. The van der Waals surface area contributed by atoms with E-state index < -0.39 is 0 Å². The van der Waals surface area contributed by atoms with E-state index in [9.17, 15) is 0 Å². The van der Waals surface area contributed by atoms with Crippen molar-refractivity contribution in [3.63, 3.8) is 0 Å². The number of hydrogen-bond donors (Lipinski definition) is 2. The maximum absolute atomic E-state index is 3.73. The van der Waals surface area contributed by atoms with E-state index in [0.29, 0.717) is 5.54 Å². The van der Waals surface area contributed by atoms with Crippen LogP contribution in [0.4, 0.5) is 0 Å². The maximum Gasteiger partial charge on any atom is 0.0457 e. The molecular formula is C15H20N2. The van der Waals surface area contributed by atoms with Gasteiger partial charge in [0.1, 0.15) is 0 Å². The second kappa shape index (κ2) is 4.19. The van der Waals surface area contributed by atoms with Crippen LogP contribution in [0.3, 0.4) is 0 Å². The molecule has 1 aliphatic carbocycles. The summed E-state index contributed by atoms with van der Waals surface area (Å²) >= 11 is 0.